The number of hydrogen-bond acceptors (Lipinski definition) is 9. The van der Waals surface area contributed by atoms with Crippen molar-refractivity contribution in [3.8, 4) is 17.4 Å². The first kappa shape index (κ1) is 25.8. The summed E-state index contributed by atoms with van der Waals surface area (Å²) in [7, 11) is -4.29. The Morgan fingerprint density at radius 2 is 1.92 bits per heavy atom. The van der Waals surface area contributed by atoms with E-state index in [1.54, 1.807) is 24.4 Å². The van der Waals surface area contributed by atoms with Gasteiger partial charge < -0.3 is 19.1 Å². The van der Waals surface area contributed by atoms with Gasteiger partial charge in [-0.25, -0.2) is 9.71 Å². The number of anilines is 1. The lowest BCUT2D eigenvalue weighted by atomic mass is 9.97. The molecule has 3 aromatic rings. The minimum atomic E-state index is -4.29. The molecule has 38 heavy (non-hydrogen) atoms. The molecular weight excluding hydrogens is 508 g/mol. The molecule has 2 aliphatic heterocycles. The zero-order chi connectivity index (χ0) is 26.9. The van der Waals surface area contributed by atoms with Gasteiger partial charge in [-0.15, -0.1) is 0 Å². The van der Waals surface area contributed by atoms with Crippen LogP contribution < -0.4 is 23.8 Å². The van der Waals surface area contributed by atoms with Crippen LogP contribution in [0, 0.1) is 5.92 Å². The van der Waals surface area contributed by atoms with Crippen LogP contribution in [0.2, 0.25) is 0 Å². The van der Waals surface area contributed by atoms with E-state index in [2.05, 4.69) is 40.4 Å². The third-order valence-corrected chi connectivity index (χ3v) is 7.78. The van der Waals surface area contributed by atoms with Gasteiger partial charge in [0.1, 0.15) is 19.0 Å². The van der Waals surface area contributed by atoms with Crippen LogP contribution in [-0.2, 0) is 10.0 Å². The summed E-state index contributed by atoms with van der Waals surface area (Å²) >= 11 is 0. The molecule has 1 aromatic carbocycles. The Labute approximate surface area is 222 Å². The number of carbonyl (C=O) groups excluding carboxylic acids is 1. The smallest absolute Gasteiger partial charge is 0.281 e. The Morgan fingerprint density at radius 3 is 2.68 bits per heavy atom. The molecule has 1 N–H and O–H groups in total. The maximum absolute atomic E-state index is 13.2. The fourth-order valence-electron chi connectivity index (χ4n) is 4.93. The average molecular weight is 539 g/mol. The number of pyridine rings is 2. The first-order valence-corrected chi connectivity index (χ1v) is 13.9. The van der Waals surface area contributed by atoms with Gasteiger partial charge in [-0.2, -0.15) is 13.4 Å². The van der Waals surface area contributed by atoms with Crippen molar-refractivity contribution in [2.45, 2.75) is 43.9 Å². The molecule has 5 rings (SSSR count). The molecule has 1 amide bonds. The Hall–Kier alpha value is -3.86. The van der Waals surface area contributed by atoms with Gasteiger partial charge in [-0.3, -0.25) is 4.79 Å². The fourth-order valence-corrected chi connectivity index (χ4v) is 5.85. The quantitative estimate of drug-likeness (QED) is 0.482. The van der Waals surface area contributed by atoms with Crippen LogP contribution in [0.5, 0.6) is 17.4 Å². The first-order valence-electron chi connectivity index (χ1n) is 12.4. The van der Waals surface area contributed by atoms with E-state index in [9.17, 15) is 13.2 Å². The zero-order valence-electron chi connectivity index (χ0n) is 21.5. The van der Waals surface area contributed by atoms with E-state index >= 15 is 0 Å². The van der Waals surface area contributed by atoms with Gasteiger partial charge in [0.05, 0.1) is 5.56 Å². The highest BCUT2D eigenvalue weighted by molar-refractivity contribution is 7.90. The maximum Gasteiger partial charge on any atom is 0.281 e. The predicted molar refractivity (Wildman–Crippen MR) is 140 cm³/mol. The lowest BCUT2D eigenvalue weighted by Gasteiger charge is -2.33. The molecule has 2 aliphatic rings. The van der Waals surface area contributed by atoms with E-state index in [4.69, 9.17) is 14.2 Å². The SMILES string of the molecule is CC1CN(c2ncccc2C(=O)NS(=O)(=O)c2cccc(OCC3COc4ccccc4O3)n2)C(C)(C)C1. The van der Waals surface area contributed by atoms with Crippen molar-refractivity contribution in [2.75, 3.05) is 24.7 Å². The summed E-state index contributed by atoms with van der Waals surface area (Å²) in [6, 6.07) is 14.8. The summed E-state index contributed by atoms with van der Waals surface area (Å²) in [6.07, 6.45) is 2.14. The summed E-state index contributed by atoms with van der Waals surface area (Å²) < 4.78 is 45.6. The molecule has 0 bridgehead atoms. The Morgan fingerprint density at radius 1 is 1.13 bits per heavy atom. The minimum absolute atomic E-state index is 0.0812. The highest BCUT2D eigenvalue weighted by Gasteiger charge is 2.39. The molecule has 10 nitrogen and oxygen atoms in total. The topological polar surface area (TPSA) is 120 Å². The lowest BCUT2D eigenvalue weighted by Crippen LogP contribution is -2.41. The third-order valence-electron chi connectivity index (χ3n) is 6.54. The summed E-state index contributed by atoms with van der Waals surface area (Å²) in [4.78, 5) is 23.8. The van der Waals surface area contributed by atoms with Crippen molar-refractivity contribution in [1.29, 1.82) is 0 Å². The number of ether oxygens (including phenoxy) is 3. The number of rotatable bonds is 7. The van der Waals surface area contributed by atoms with Crippen molar-refractivity contribution < 1.29 is 27.4 Å². The number of benzene rings is 1. The molecule has 2 unspecified atom stereocenters. The monoisotopic (exact) mass is 538 g/mol. The van der Waals surface area contributed by atoms with E-state index in [1.165, 1.54) is 18.2 Å². The van der Waals surface area contributed by atoms with E-state index < -0.39 is 22.0 Å². The molecule has 4 heterocycles. The highest BCUT2D eigenvalue weighted by atomic mass is 32.2. The van der Waals surface area contributed by atoms with E-state index in [1.807, 2.05) is 18.2 Å². The molecule has 1 fully saturated rings. The van der Waals surface area contributed by atoms with Gasteiger partial charge in [0.25, 0.3) is 15.9 Å². The number of nitrogens with one attached hydrogen (secondary N) is 1. The van der Waals surface area contributed by atoms with Gasteiger partial charge in [-0.05, 0) is 56.5 Å². The lowest BCUT2D eigenvalue weighted by molar-refractivity contribution is 0.0520. The maximum atomic E-state index is 13.2. The molecule has 2 aromatic heterocycles. The average Bonchev–Trinajstić information content (AvgIpc) is 3.18. The number of aromatic nitrogens is 2. The standard InChI is InChI=1S/C27H30N4O6S/c1-18-14-27(2,3)31(15-18)25-20(8-7-13-28-25)26(32)30-38(33,34)24-12-6-11-23(29-24)36-17-19-16-35-21-9-4-5-10-22(21)37-19/h4-13,18-19H,14-17H2,1-3H3,(H,30,32). The number of sulfonamides is 1. The molecule has 0 spiro atoms. The molecular formula is C27H30N4O6S. The largest absolute Gasteiger partial charge is 0.486 e. The number of hydrogen-bond donors (Lipinski definition) is 1. The second-order valence-corrected chi connectivity index (χ2v) is 11.8. The van der Waals surface area contributed by atoms with Crippen LogP contribution in [0.15, 0.2) is 65.8 Å². The van der Waals surface area contributed by atoms with Gasteiger partial charge in [0, 0.05) is 24.3 Å². The Balaban J connectivity index is 1.28. The van der Waals surface area contributed by atoms with Crippen LogP contribution in [0.4, 0.5) is 5.82 Å². The van der Waals surface area contributed by atoms with Gasteiger partial charge in [0.15, 0.2) is 22.6 Å². The van der Waals surface area contributed by atoms with Crippen molar-refractivity contribution in [3.63, 3.8) is 0 Å². The van der Waals surface area contributed by atoms with Crippen molar-refractivity contribution in [3.05, 3.63) is 66.4 Å². The highest BCUT2D eigenvalue weighted by Crippen LogP contribution is 2.37. The number of para-hydroxylation sites is 2. The number of fused-ring (bicyclic) bond motifs is 1. The second kappa shape index (κ2) is 10.1. The zero-order valence-corrected chi connectivity index (χ0v) is 22.3. The minimum Gasteiger partial charge on any atom is -0.486 e. The van der Waals surface area contributed by atoms with Crippen LogP contribution in [-0.4, -0.2) is 55.7 Å². The Bertz CT molecular complexity index is 1440. The number of carbonyl (C=O) groups is 1. The first-order chi connectivity index (χ1) is 18.1. The summed E-state index contributed by atoms with van der Waals surface area (Å²) in [5, 5.41) is -0.338. The second-order valence-electron chi connectivity index (χ2n) is 10.2. The molecule has 0 aliphatic carbocycles. The van der Waals surface area contributed by atoms with E-state index in [0.29, 0.717) is 23.2 Å². The summed E-state index contributed by atoms with van der Waals surface area (Å²) in [5.41, 5.74) is -0.0373. The summed E-state index contributed by atoms with van der Waals surface area (Å²) in [6.45, 7) is 7.41. The van der Waals surface area contributed by atoms with Gasteiger partial charge in [-0.1, -0.05) is 25.1 Å². The van der Waals surface area contributed by atoms with Crippen molar-refractivity contribution >= 4 is 21.7 Å². The number of nitrogens with zero attached hydrogens (tertiary/aromatic N) is 3. The Kier molecular flexibility index (Phi) is 6.87. The van der Waals surface area contributed by atoms with Crippen LogP contribution in [0.1, 0.15) is 37.6 Å². The van der Waals surface area contributed by atoms with Crippen molar-refractivity contribution in [1.82, 2.24) is 14.7 Å². The van der Waals surface area contributed by atoms with Crippen LogP contribution >= 0.6 is 0 Å². The third kappa shape index (κ3) is 5.38. The van der Waals surface area contributed by atoms with E-state index in [-0.39, 0.29) is 35.2 Å². The molecule has 0 saturated carbocycles. The van der Waals surface area contributed by atoms with Gasteiger partial charge >= 0.3 is 0 Å². The molecule has 0 radical (unpaired) electrons. The van der Waals surface area contributed by atoms with Crippen LogP contribution in [0.25, 0.3) is 0 Å². The molecule has 11 heteroatoms. The van der Waals surface area contributed by atoms with Gasteiger partial charge in [0.2, 0.25) is 5.88 Å². The van der Waals surface area contributed by atoms with Crippen molar-refractivity contribution in [2.24, 2.45) is 5.92 Å². The van der Waals surface area contributed by atoms with Crippen LogP contribution in [0.3, 0.4) is 0 Å². The predicted octanol–water partition coefficient (Wildman–Crippen LogP) is 3.44. The molecule has 2 atom stereocenters. The molecule has 1 saturated heterocycles. The summed E-state index contributed by atoms with van der Waals surface area (Å²) in [5.74, 6) is 1.45. The molecule has 200 valence electrons. The normalized spacial score (nSPS) is 20.1. The number of amides is 1. The fraction of sp³-hybridized carbons (Fsp3) is 0.370. The van der Waals surface area contributed by atoms with E-state index in [0.717, 1.165) is 13.0 Å².